The van der Waals surface area contributed by atoms with Crippen molar-refractivity contribution in [3.63, 3.8) is 0 Å². The summed E-state index contributed by atoms with van der Waals surface area (Å²) >= 11 is 5.85. The molecule has 0 spiro atoms. The molecule has 0 aromatic heterocycles. The molecular weight excluding hydrogens is 258 g/mol. The summed E-state index contributed by atoms with van der Waals surface area (Å²) in [6, 6.07) is 13.5. The Kier molecular flexibility index (Phi) is 4.46. The lowest BCUT2D eigenvalue weighted by Crippen LogP contribution is -2.05. The molecule has 0 fully saturated rings. The van der Waals surface area contributed by atoms with E-state index in [2.05, 4.69) is 19.1 Å². The minimum atomic E-state index is -0.607. The lowest BCUT2D eigenvalue weighted by molar-refractivity contribution is 0.179. The Bertz CT molecular complexity index is 551. The van der Waals surface area contributed by atoms with Crippen molar-refractivity contribution in [2.75, 3.05) is 5.73 Å². The molecule has 1 atom stereocenters. The molecule has 0 saturated carbocycles. The van der Waals surface area contributed by atoms with Crippen molar-refractivity contribution in [2.24, 2.45) is 0 Å². The van der Waals surface area contributed by atoms with Crippen LogP contribution in [0.4, 0.5) is 5.69 Å². The first-order valence-electron chi connectivity index (χ1n) is 6.41. The minimum absolute atomic E-state index is 0.533. The summed E-state index contributed by atoms with van der Waals surface area (Å²) in [6.45, 7) is 2.12. The van der Waals surface area contributed by atoms with Gasteiger partial charge in [-0.05, 0) is 29.7 Å². The number of aryl methyl sites for hydroxylation is 1. The normalized spacial score (nSPS) is 12.4. The maximum Gasteiger partial charge on any atom is 0.0850 e. The third-order valence-corrected chi connectivity index (χ3v) is 3.50. The highest BCUT2D eigenvalue weighted by Crippen LogP contribution is 2.26. The molecule has 3 heteroatoms. The summed E-state index contributed by atoms with van der Waals surface area (Å²) in [6.07, 6.45) is 0.965. The van der Waals surface area contributed by atoms with Crippen LogP contribution in [0.25, 0.3) is 0 Å². The summed E-state index contributed by atoms with van der Waals surface area (Å²) < 4.78 is 0. The molecule has 0 amide bonds. The lowest BCUT2D eigenvalue weighted by Gasteiger charge is -2.14. The van der Waals surface area contributed by atoms with Crippen LogP contribution in [0.3, 0.4) is 0 Å². The number of aliphatic hydroxyl groups is 1. The quantitative estimate of drug-likeness (QED) is 0.835. The Morgan fingerprint density at radius 3 is 2.32 bits per heavy atom. The molecule has 0 aliphatic heterocycles. The number of nitrogen functional groups attached to an aromatic ring is 1. The third-order valence-electron chi connectivity index (χ3n) is 3.27. The van der Waals surface area contributed by atoms with Crippen LogP contribution >= 0.6 is 11.6 Å². The Hall–Kier alpha value is -1.51. The van der Waals surface area contributed by atoms with Gasteiger partial charge in [-0.2, -0.15) is 0 Å². The average molecular weight is 276 g/mol. The van der Waals surface area contributed by atoms with E-state index in [1.54, 1.807) is 18.2 Å². The summed E-state index contributed by atoms with van der Waals surface area (Å²) in [5.74, 6) is 0. The lowest BCUT2D eigenvalue weighted by atomic mass is 9.99. The van der Waals surface area contributed by atoms with Gasteiger partial charge in [-0.3, -0.25) is 0 Å². The van der Waals surface area contributed by atoms with Crippen molar-refractivity contribution in [3.05, 3.63) is 64.2 Å². The number of hydrogen-bond donors (Lipinski definition) is 2. The number of anilines is 1. The molecule has 0 radical (unpaired) electrons. The van der Waals surface area contributed by atoms with Crippen molar-refractivity contribution in [2.45, 2.75) is 25.9 Å². The van der Waals surface area contributed by atoms with Gasteiger partial charge in [0.25, 0.3) is 0 Å². The van der Waals surface area contributed by atoms with Crippen LogP contribution in [0, 0.1) is 0 Å². The monoisotopic (exact) mass is 275 g/mol. The van der Waals surface area contributed by atoms with Gasteiger partial charge in [0.15, 0.2) is 0 Å². The highest BCUT2D eigenvalue weighted by atomic mass is 35.5. The fourth-order valence-corrected chi connectivity index (χ4v) is 2.27. The van der Waals surface area contributed by atoms with E-state index in [0.717, 1.165) is 17.5 Å². The summed E-state index contributed by atoms with van der Waals surface area (Å²) in [5.41, 5.74) is 9.53. The molecule has 0 bridgehead atoms. The standard InChI is InChI=1S/C16H18ClNO/c1-2-11-3-5-12(6-4-11)9-16(19)14-8-7-13(17)10-15(14)18/h3-8,10,16,19H,2,9,18H2,1H3. The fourth-order valence-electron chi connectivity index (χ4n) is 2.09. The van der Waals surface area contributed by atoms with Crippen LogP contribution in [0.5, 0.6) is 0 Å². The molecule has 0 saturated heterocycles. The zero-order valence-corrected chi connectivity index (χ0v) is 11.7. The van der Waals surface area contributed by atoms with E-state index in [4.69, 9.17) is 17.3 Å². The number of hydrogen-bond acceptors (Lipinski definition) is 2. The van der Waals surface area contributed by atoms with Crippen molar-refractivity contribution in [1.29, 1.82) is 0 Å². The van der Waals surface area contributed by atoms with E-state index in [9.17, 15) is 5.11 Å². The third kappa shape index (κ3) is 3.49. The van der Waals surface area contributed by atoms with E-state index in [1.807, 2.05) is 12.1 Å². The van der Waals surface area contributed by atoms with E-state index < -0.39 is 6.10 Å². The number of aliphatic hydroxyl groups excluding tert-OH is 1. The van der Waals surface area contributed by atoms with Gasteiger partial charge in [-0.25, -0.2) is 0 Å². The van der Waals surface area contributed by atoms with Crippen molar-refractivity contribution in [3.8, 4) is 0 Å². The van der Waals surface area contributed by atoms with Crippen molar-refractivity contribution < 1.29 is 5.11 Å². The van der Waals surface area contributed by atoms with Crippen LogP contribution in [-0.2, 0) is 12.8 Å². The number of benzene rings is 2. The second kappa shape index (κ2) is 6.09. The van der Waals surface area contributed by atoms with Crippen LogP contribution in [-0.4, -0.2) is 5.11 Å². The predicted molar refractivity (Wildman–Crippen MR) is 80.3 cm³/mol. The first-order chi connectivity index (χ1) is 9.10. The van der Waals surface area contributed by atoms with Crippen LogP contribution in [0.15, 0.2) is 42.5 Å². The molecule has 3 N–H and O–H groups in total. The van der Waals surface area contributed by atoms with Gasteiger partial charge >= 0.3 is 0 Å². The van der Waals surface area contributed by atoms with E-state index in [-0.39, 0.29) is 0 Å². The zero-order valence-electron chi connectivity index (χ0n) is 10.9. The molecule has 0 aliphatic carbocycles. The number of halogens is 1. The summed E-state index contributed by atoms with van der Waals surface area (Å²) in [7, 11) is 0. The Morgan fingerprint density at radius 2 is 1.74 bits per heavy atom. The Morgan fingerprint density at radius 1 is 1.11 bits per heavy atom. The molecule has 2 rings (SSSR count). The Labute approximate surface area is 118 Å². The van der Waals surface area contributed by atoms with Crippen molar-refractivity contribution in [1.82, 2.24) is 0 Å². The molecule has 0 aliphatic rings. The van der Waals surface area contributed by atoms with Gasteiger partial charge < -0.3 is 10.8 Å². The second-order valence-electron chi connectivity index (χ2n) is 4.66. The van der Waals surface area contributed by atoms with Gasteiger partial charge in [-0.15, -0.1) is 0 Å². The molecular formula is C16H18ClNO. The van der Waals surface area contributed by atoms with Gasteiger partial charge in [0.1, 0.15) is 0 Å². The maximum atomic E-state index is 10.2. The molecule has 2 nitrogen and oxygen atoms in total. The van der Waals surface area contributed by atoms with Gasteiger partial charge in [-0.1, -0.05) is 48.9 Å². The molecule has 1 unspecified atom stereocenters. The maximum absolute atomic E-state index is 10.2. The molecule has 0 heterocycles. The molecule has 2 aromatic rings. The van der Waals surface area contributed by atoms with E-state index in [0.29, 0.717) is 17.1 Å². The highest BCUT2D eigenvalue weighted by molar-refractivity contribution is 6.30. The second-order valence-corrected chi connectivity index (χ2v) is 5.10. The SMILES string of the molecule is CCc1ccc(CC(O)c2ccc(Cl)cc2N)cc1. The highest BCUT2D eigenvalue weighted by Gasteiger charge is 2.12. The van der Waals surface area contributed by atoms with Gasteiger partial charge in [0.2, 0.25) is 0 Å². The van der Waals surface area contributed by atoms with Crippen LogP contribution < -0.4 is 5.73 Å². The van der Waals surface area contributed by atoms with Gasteiger partial charge in [0, 0.05) is 22.7 Å². The van der Waals surface area contributed by atoms with Crippen LogP contribution in [0.1, 0.15) is 29.7 Å². The van der Waals surface area contributed by atoms with E-state index in [1.165, 1.54) is 5.56 Å². The largest absolute Gasteiger partial charge is 0.398 e. The smallest absolute Gasteiger partial charge is 0.0850 e. The van der Waals surface area contributed by atoms with Crippen molar-refractivity contribution >= 4 is 17.3 Å². The summed E-state index contributed by atoms with van der Waals surface area (Å²) in [4.78, 5) is 0. The Balaban J connectivity index is 2.13. The van der Waals surface area contributed by atoms with Crippen LogP contribution in [0.2, 0.25) is 5.02 Å². The molecule has 100 valence electrons. The molecule has 19 heavy (non-hydrogen) atoms. The average Bonchev–Trinajstić information content (AvgIpc) is 2.39. The van der Waals surface area contributed by atoms with Gasteiger partial charge in [0.05, 0.1) is 6.10 Å². The van der Waals surface area contributed by atoms with E-state index >= 15 is 0 Å². The first kappa shape index (κ1) is 13.9. The summed E-state index contributed by atoms with van der Waals surface area (Å²) in [5, 5.41) is 10.8. The number of nitrogens with two attached hydrogens (primary N) is 1. The molecule has 2 aromatic carbocycles. The minimum Gasteiger partial charge on any atom is -0.398 e. The fraction of sp³-hybridized carbons (Fsp3) is 0.250. The zero-order chi connectivity index (χ0) is 13.8. The predicted octanol–water partition coefficient (Wildman–Crippen LogP) is 3.76. The topological polar surface area (TPSA) is 46.2 Å². The number of rotatable bonds is 4. The first-order valence-corrected chi connectivity index (χ1v) is 6.78.